The summed E-state index contributed by atoms with van der Waals surface area (Å²) in [5.41, 5.74) is 12.1. The van der Waals surface area contributed by atoms with Crippen molar-refractivity contribution in [3.8, 4) is 6.01 Å². The van der Waals surface area contributed by atoms with E-state index in [1.165, 1.54) is 6.20 Å². The van der Waals surface area contributed by atoms with Gasteiger partial charge in [-0.3, -0.25) is 0 Å². The first-order chi connectivity index (χ1) is 7.97. The molecule has 0 amide bonds. The minimum Gasteiger partial charge on any atom is -0.558 e. The molecule has 1 heterocycles. The molecule has 0 aromatic carbocycles. The van der Waals surface area contributed by atoms with Crippen LogP contribution in [0.3, 0.4) is 0 Å². The van der Waals surface area contributed by atoms with Gasteiger partial charge in [-0.1, -0.05) is 0 Å². The van der Waals surface area contributed by atoms with Crippen LogP contribution in [-0.4, -0.2) is 22.1 Å². The fourth-order valence-electron chi connectivity index (χ4n) is 1.43. The fraction of sp³-hybridized carbons (Fsp3) is 0.556. The average molecular weight is 258 g/mol. The lowest BCUT2D eigenvalue weighted by Gasteiger charge is -2.13. The molecular weight excluding hydrogens is 243 g/mol. The number of nitrogens with zero attached hydrogens (tertiary/aromatic N) is 2. The Balaban J connectivity index is 2.62. The van der Waals surface area contributed by atoms with Crippen LogP contribution in [-0.2, 0) is 11.0 Å². The zero-order valence-corrected chi connectivity index (χ0v) is 10.3. The van der Waals surface area contributed by atoms with Crippen LogP contribution < -0.4 is 20.9 Å². The third kappa shape index (κ3) is 5.65. The highest BCUT2D eigenvalue weighted by molar-refractivity contribution is 7.30. The molecule has 1 rings (SSSR count). The summed E-state index contributed by atoms with van der Waals surface area (Å²) in [6.45, 7) is 1.87. The van der Waals surface area contributed by atoms with Crippen LogP contribution in [0.1, 0.15) is 19.0 Å². The van der Waals surface area contributed by atoms with E-state index in [1.807, 2.05) is 6.92 Å². The Morgan fingerprint density at radius 3 is 2.88 bits per heavy atom. The fourth-order valence-corrected chi connectivity index (χ4v) is 1.65. The maximum Gasteiger partial charge on any atom is 0.542 e. The molecule has 0 aliphatic carbocycles. The van der Waals surface area contributed by atoms with E-state index in [4.69, 9.17) is 11.5 Å². The lowest BCUT2D eigenvalue weighted by molar-refractivity contribution is -0.178. The summed E-state index contributed by atoms with van der Waals surface area (Å²) in [4.78, 5) is 17.9. The Bertz CT molecular complexity index is 388. The van der Waals surface area contributed by atoms with Gasteiger partial charge in [0.25, 0.3) is 0 Å². The summed E-state index contributed by atoms with van der Waals surface area (Å²) in [5.74, 6) is 0. The van der Waals surface area contributed by atoms with Gasteiger partial charge in [-0.05, 0) is 24.0 Å². The molecule has 4 N–H and O–H groups in total. The van der Waals surface area contributed by atoms with Crippen molar-refractivity contribution >= 4 is 8.25 Å². The molecule has 94 valence electrons. The van der Waals surface area contributed by atoms with E-state index < -0.39 is 8.25 Å². The smallest absolute Gasteiger partial charge is 0.542 e. The molecule has 0 aliphatic heterocycles. The van der Waals surface area contributed by atoms with Gasteiger partial charge < -0.3 is 16.4 Å². The Morgan fingerprint density at radius 2 is 2.29 bits per heavy atom. The van der Waals surface area contributed by atoms with Gasteiger partial charge in [0.2, 0.25) is 0 Å². The maximum atomic E-state index is 10.3. The molecule has 3 unspecified atom stereocenters. The highest BCUT2D eigenvalue weighted by Crippen LogP contribution is 2.15. The summed E-state index contributed by atoms with van der Waals surface area (Å²) >= 11 is 0. The molecule has 7 nitrogen and oxygen atoms in total. The van der Waals surface area contributed by atoms with Crippen LogP contribution in [0.5, 0.6) is 6.01 Å². The Morgan fingerprint density at radius 1 is 1.59 bits per heavy atom. The van der Waals surface area contributed by atoms with Gasteiger partial charge in [-0.25, -0.2) is 4.52 Å². The maximum absolute atomic E-state index is 10.3. The molecule has 0 radical (unpaired) electrons. The van der Waals surface area contributed by atoms with Crippen molar-refractivity contribution in [1.29, 1.82) is 0 Å². The van der Waals surface area contributed by atoms with Crippen molar-refractivity contribution in [2.45, 2.75) is 31.8 Å². The number of aromatic nitrogens is 2. The van der Waals surface area contributed by atoms with Gasteiger partial charge in [-0.2, -0.15) is 9.97 Å². The van der Waals surface area contributed by atoms with Crippen LogP contribution in [0.15, 0.2) is 12.3 Å². The molecule has 0 fully saturated rings. The molecule has 17 heavy (non-hydrogen) atoms. The molecule has 8 heteroatoms. The first-order valence-electron chi connectivity index (χ1n) is 5.13. The lowest BCUT2D eigenvalue weighted by atomic mass is 10.1. The van der Waals surface area contributed by atoms with E-state index in [-0.39, 0.29) is 18.1 Å². The monoisotopic (exact) mass is 258 g/mol. The number of rotatable bonds is 6. The van der Waals surface area contributed by atoms with E-state index in [2.05, 4.69) is 14.5 Å². The second-order valence-electron chi connectivity index (χ2n) is 3.82. The molecule has 0 saturated heterocycles. The van der Waals surface area contributed by atoms with Crippen LogP contribution >= 0.6 is 8.25 Å². The van der Waals surface area contributed by atoms with Crippen molar-refractivity contribution in [3.05, 3.63) is 18.0 Å². The highest BCUT2D eigenvalue weighted by atomic mass is 31.1. The van der Waals surface area contributed by atoms with Crippen molar-refractivity contribution in [3.63, 3.8) is 0 Å². The third-order valence-corrected chi connectivity index (χ3v) is 2.31. The van der Waals surface area contributed by atoms with Crippen molar-refractivity contribution in [2.24, 2.45) is 11.5 Å². The van der Waals surface area contributed by atoms with Crippen LogP contribution in [0.4, 0.5) is 0 Å². The number of hydrogen-bond donors (Lipinski definition) is 2. The van der Waals surface area contributed by atoms with Crippen LogP contribution in [0, 0.1) is 0 Å². The van der Waals surface area contributed by atoms with Crippen LogP contribution in [0.25, 0.3) is 0 Å². The lowest BCUT2D eigenvalue weighted by Crippen LogP contribution is -2.31. The topological polar surface area (TPSA) is 127 Å². The van der Waals surface area contributed by atoms with E-state index in [0.717, 1.165) is 0 Å². The molecule has 0 saturated carbocycles. The summed E-state index contributed by atoms with van der Waals surface area (Å²) in [6, 6.07) is 1.36. The number of nitrogens with two attached hydrogens (primary N) is 2. The number of hydrogen-bond acceptors (Lipinski definition) is 7. The van der Waals surface area contributed by atoms with E-state index in [0.29, 0.717) is 18.5 Å². The SMILES string of the molecule is CC(N)CC(N)Cc1ccnc(O[P+](=O)[O-])n1. The Labute approximate surface area is 100 Å². The summed E-state index contributed by atoms with van der Waals surface area (Å²) in [7, 11) is -3.00. The Kier molecular flexibility index (Phi) is 5.37. The van der Waals surface area contributed by atoms with E-state index in [9.17, 15) is 9.46 Å². The second-order valence-corrected chi connectivity index (χ2v) is 4.45. The van der Waals surface area contributed by atoms with E-state index >= 15 is 0 Å². The normalized spacial score (nSPS) is 15.2. The summed E-state index contributed by atoms with van der Waals surface area (Å²) < 4.78 is 14.7. The second kappa shape index (κ2) is 6.56. The standard InChI is InChI=1S/C9H15N4O3P/c1-6(10)4-7(11)5-8-2-3-12-9(13-8)16-17(14)15/h2-3,6-7H,4-5,10-11H2,1H3. The summed E-state index contributed by atoms with van der Waals surface area (Å²) in [5, 5.41) is 0. The zero-order valence-electron chi connectivity index (χ0n) is 9.44. The van der Waals surface area contributed by atoms with Gasteiger partial charge in [0.15, 0.2) is 0 Å². The van der Waals surface area contributed by atoms with Gasteiger partial charge in [0.05, 0.1) is 0 Å². The van der Waals surface area contributed by atoms with Crippen molar-refractivity contribution in [1.82, 2.24) is 9.97 Å². The third-order valence-electron chi connectivity index (χ3n) is 1.99. The van der Waals surface area contributed by atoms with Gasteiger partial charge in [0.1, 0.15) is 0 Å². The predicted octanol–water partition coefficient (Wildman–Crippen LogP) is -0.520. The Hall–Kier alpha value is -1.14. The largest absolute Gasteiger partial charge is 0.558 e. The average Bonchev–Trinajstić information content (AvgIpc) is 2.14. The molecule has 3 atom stereocenters. The molecule has 1 aromatic rings. The van der Waals surface area contributed by atoms with Crippen molar-refractivity contribution < 1.29 is 14.0 Å². The first kappa shape index (κ1) is 13.9. The molecule has 0 aliphatic rings. The first-order valence-corrected chi connectivity index (χ1v) is 6.22. The highest BCUT2D eigenvalue weighted by Gasteiger charge is 2.12. The zero-order chi connectivity index (χ0) is 12.8. The molecular formula is C9H15N4O3P. The van der Waals surface area contributed by atoms with Gasteiger partial charge in [-0.15, -0.1) is 0 Å². The molecule has 1 aromatic heterocycles. The van der Waals surface area contributed by atoms with Crippen LogP contribution in [0.2, 0.25) is 0 Å². The molecule has 0 bridgehead atoms. The predicted molar refractivity (Wildman–Crippen MR) is 60.2 cm³/mol. The van der Waals surface area contributed by atoms with Gasteiger partial charge >= 0.3 is 14.3 Å². The minimum absolute atomic E-state index is 0.0127. The molecule has 0 spiro atoms. The quantitative estimate of drug-likeness (QED) is 0.657. The van der Waals surface area contributed by atoms with Crippen molar-refractivity contribution in [2.75, 3.05) is 0 Å². The minimum atomic E-state index is -3.00. The summed E-state index contributed by atoms with van der Waals surface area (Å²) in [6.07, 6.45) is 2.58. The van der Waals surface area contributed by atoms with Gasteiger partial charge in [0, 0.05) is 30.4 Å². The van der Waals surface area contributed by atoms with E-state index in [1.54, 1.807) is 6.07 Å².